The van der Waals surface area contributed by atoms with Crippen molar-refractivity contribution in [1.29, 1.82) is 0 Å². The van der Waals surface area contributed by atoms with Crippen LogP contribution in [0.1, 0.15) is 30.9 Å². The van der Waals surface area contributed by atoms with Crippen LogP contribution in [0.25, 0.3) is 0 Å². The number of aromatic nitrogens is 1. The van der Waals surface area contributed by atoms with Crippen LogP contribution < -0.4 is 10.5 Å². The molecule has 0 radical (unpaired) electrons. The van der Waals surface area contributed by atoms with E-state index in [0.717, 1.165) is 18.5 Å². The number of nitrogens with zero attached hydrogens (tertiary/aromatic N) is 1. The van der Waals surface area contributed by atoms with Gasteiger partial charge in [0.2, 0.25) is 5.88 Å². The van der Waals surface area contributed by atoms with Crippen LogP contribution in [-0.2, 0) is 0 Å². The van der Waals surface area contributed by atoms with Gasteiger partial charge in [-0.05, 0) is 18.9 Å². The Balaban J connectivity index is 2.22. The summed E-state index contributed by atoms with van der Waals surface area (Å²) >= 11 is 0. The third-order valence-electron chi connectivity index (χ3n) is 2.90. The van der Waals surface area contributed by atoms with Gasteiger partial charge in [0.25, 0.3) is 0 Å². The Morgan fingerprint density at radius 3 is 2.93 bits per heavy atom. The molecule has 1 aliphatic carbocycles. The Morgan fingerprint density at radius 1 is 1.43 bits per heavy atom. The van der Waals surface area contributed by atoms with Gasteiger partial charge in [0.15, 0.2) is 0 Å². The van der Waals surface area contributed by atoms with Crippen LogP contribution in [0, 0.1) is 0 Å². The summed E-state index contributed by atoms with van der Waals surface area (Å²) in [7, 11) is 1.64. The molecule has 2 unspecified atom stereocenters. The second-order valence-electron chi connectivity index (χ2n) is 3.81. The standard InChI is InChI=1S/C11H16N2O/c1-14-11-7-3-6-10(13-11)8-4-2-5-9(8)12/h3,6-9H,2,4-5,12H2,1H3. The van der Waals surface area contributed by atoms with Crippen molar-refractivity contribution in [2.75, 3.05) is 7.11 Å². The summed E-state index contributed by atoms with van der Waals surface area (Å²) in [6.45, 7) is 0. The molecule has 3 nitrogen and oxygen atoms in total. The highest BCUT2D eigenvalue weighted by Crippen LogP contribution is 2.32. The molecule has 0 bridgehead atoms. The third kappa shape index (κ3) is 1.73. The van der Waals surface area contributed by atoms with Gasteiger partial charge in [0.05, 0.1) is 7.11 Å². The molecule has 2 rings (SSSR count). The van der Waals surface area contributed by atoms with Gasteiger partial charge < -0.3 is 10.5 Å². The van der Waals surface area contributed by atoms with Gasteiger partial charge >= 0.3 is 0 Å². The van der Waals surface area contributed by atoms with Crippen LogP contribution >= 0.6 is 0 Å². The van der Waals surface area contributed by atoms with Crippen molar-refractivity contribution < 1.29 is 4.74 Å². The van der Waals surface area contributed by atoms with Gasteiger partial charge in [-0.15, -0.1) is 0 Å². The first-order valence-electron chi connectivity index (χ1n) is 5.08. The molecule has 14 heavy (non-hydrogen) atoms. The molecule has 2 N–H and O–H groups in total. The first-order valence-corrected chi connectivity index (χ1v) is 5.08. The Hall–Kier alpha value is -1.09. The minimum Gasteiger partial charge on any atom is -0.481 e. The van der Waals surface area contributed by atoms with E-state index in [9.17, 15) is 0 Å². The SMILES string of the molecule is COc1cccc(C2CCCC2N)n1. The fraction of sp³-hybridized carbons (Fsp3) is 0.545. The van der Waals surface area contributed by atoms with E-state index < -0.39 is 0 Å². The summed E-state index contributed by atoms with van der Waals surface area (Å²) in [6.07, 6.45) is 3.48. The molecule has 1 fully saturated rings. The van der Waals surface area contributed by atoms with E-state index in [0.29, 0.717) is 11.8 Å². The largest absolute Gasteiger partial charge is 0.481 e. The molecule has 0 saturated heterocycles. The van der Waals surface area contributed by atoms with Gasteiger partial charge in [-0.1, -0.05) is 12.5 Å². The molecular formula is C11H16N2O. The lowest BCUT2D eigenvalue weighted by Crippen LogP contribution is -2.23. The zero-order valence-corrected chi connectivity index (χ0v) is 8.44. The fourth-order valence-electron chi connectivity index (χ4n) is 2.11. The van der Waals surface area contributed by atoms with E-state index in [1.165, 1.54) is 6.42 Å². The Labute approximate surface area is 84.3 Å². The molecule has 1 heterocycles. The second kappa shape index (κ2) is 3.96. The van der Waals surface area contributed by atoms with Crippen molar-refractivity contribution >= 4 is 0 Å². The number of pyridine rings is 1. The van der Waals surface area contributed by atoms with Crippen LogP contribution in [0.2, 0.25) is 0 Å². The quantitative estimate of drug-likeness (QED) is 0.775. The normalized spacial score (nSPS) is 26.4. The van der Waals surface area contributed by atoms with Crippen molar-refractivity contribution in [2.45, 2.75) is 31.2 Å². The van der Waals surface area contributed by atoms with E-state index in [1.54, 1.807) is 7.11 Å². The zero-order chi connectivity index (χ0) is 9.97. The van der Waals surface area contributed by atoms with Crippen molar-refractivity contribution in [3.8, 4) is 5.88 Å². The van der Waals surface area contributed by atoms with Crippen LogP contribution in [0.3, 0.4) is 0 Å². The molecular weight excluding hydrogens is 176 g/mol. The van der Waals surface area contributed by atoms with E-state index in [-0.39, 0.29) is 6.04 Å². The lowest BCUT2D eigenvalue weighted by molar-refractivity contribution is 0.394. The third-order valence-corrected chi connectivity index (χ3v) is 2.90. The topological polar surface area (TPSA) is 48.1 Å². The van der Waals surface area contributed by atoms with Crippen LogP contribution in [0.15, 0.2) is 18.2 Å². The number of ether oxygens (including phenoxy) is 1. The van der Waals surface area contributed by atoms with E-state index in [1.807, 2.05) is 18.2 Å². The molecule has 76 valence electrons. The van der Waals surface area contributed by atoms with Crippen molar-refractivity contribution in [3.05, 3.63) is 23.9 Å². The van der Waals surface area contributed by atoms with Crippen molar-refractivity contribution in [2.24, 2.45) is 5.73 Å². The number of rotatable bonds is 2. The molecule has 1 aromatic heterocycles. The van der Waals surface area contributed by atoms with Gasteiger partial charge in [-0.25, -0.2) is 4.98 Å². The average molecular weight is 192 g/mol. The summed E-state index contributed by atoms with van der Waals surface area (Å²) < 4.78 is 5.10. The highest BCUT2D eigenvalue weighted by Gasteiger charge is 2.26. The molecule has 0 amide bonds. The Bertz CT molecular complexity index is 314. The Kier molecular flexibility index (Phi) is 2.68. The predicted octanol–water partition coefficient (Wildman–Crippen LogP) is 1.68. The molecule has 2 atom stereocenters. The summed E-state index contributed by atoms with van der Waals surface area (Å²) in [5.41, 5.74) is 7.10. The highest BCUT2D eigenvalue weighted by atomic mass is 16.5. The van der Waals surface area contributed by atoms with E-state index in [4.69, 9.17) is 10.5 Å². The number of hydrogen-bond acceptors (Lipinski definition) is 3. The van der Waals surface area contributed by atoms with Gasteiger partial charge in [0.1, 0.15) is 0 Å². The molecule has 3 heteroatoms. The Morgan fingerprint density at radius 2 is 2.29 bits per heavy atom. The summed E-state index contributed by atoms with van der Waals surface area (Å²) in [5.74, 6) is 1.10. The number of methoxy groups -OCH3 is 1. The maximum atomic E-state index is 6.02. The van der Waals surface area contributed by atoms with Gasteiger partial charge in [-0.3, -0.25) is 0 Å². The smallest absolute Gasteiger partial charge is 0.213 e. The summed E-state index contributed by atoms with van der Waals surface area (Å²) in [6, 6.07) is 6.16. The first-order chi connectivity index (χ1) is 6.81. The van der Waals surface area contributed by atoms with Crippen molar-refractivity contribution in [1.82, 2.24) is 4.98 Å². The summed E-state index contributed by atoms with van der Waals surface area (Å²) in [5, 5.41) is 0. The lowest BCUT2D eigenvalue weighted by atomic mass is 10.00. The fourth-order valence-corrected chi connectivity index (χ4v) is 2.11. The van der Waals surface area contributed by atoms with Crippen LogP contribution in [-0.4, -0.2) is 18.1 Å². The maximum absolute atomic E-state index is 6.02. The lowest BCUT2D eigenvalue weighted by Gasteiger charge is -2.14. The first kappa shape index (κ1) is 9.46. The molecule has 0 aromatic carbocycles. The minimum absolute atomic E-state index is 0.273. The maximum Gasteiger partial charge on any atom is 0.213 e. The summed E-state index contributed by atoms with van der Waals surface area (Å²) in [4.78, 5) is 4.42. The zero-order valence-electron chi connectivity index (χ0n) is 8.44. The van der Waals surface area contributed by atoms with Gasteiger partial charge in [-0.2, -0.15) is 0 Å². The van der Waals surface area contributed by atoms with Crippen molar-refractivity contribution in [3.63, 3.8) is 0 Å². The van der Waals surface area contributed by atoms with Crippen LogP contribution in [0.4, 0.5) is 0 Å². The monoisotopic (exact) mass is 192 g/mol. The minimum atomic E-state index is 0.273. The van der Waals surface area contributed by atoms with E-state index in [2.05, 4.69) is 4.98 Å². The highest BCUT2D eigenvalue weighted by molar-refractivity contribution is 5.20. The molecule has 0 spiro atoms. The predicted molar refractivity (Wildman–Crippen MR) is 55.4 cm³/mol. The number of nitrogens with two attached hydrogens (primary N) is 1. The van der Waals surface area contributed by atoms with Crippen LogP contribution in [0.5, 0.6) is 5.88 Å². The van der Waals surface area contributed by atoms with Gasteiger partial charge in [0, 0.05) is 23.7 Å². The number of hydrogen-bond donors (Lipinski definition) is 1. The second-order valence-corrected chi connectivity index (χ2v) is 3.81. The molecule has 1 aromatic rings. The molecule has 1 saturated carbocycles. The van der Waals surface area contributed by atoms with E-state index >= 15 is 0 Å². The molecule has 1 aliphatic rings. The molecule has 0 aliphatic heterocycles. The average Bonchev–Trinajstić information content (AvgIpc) is 2.65.